The molecule has 160 valence electrons. The second kappa shape index (κ2) is 9.05. The minimum Gasteiger partial charge on any atom is -0.391 e. The van der Waals surface area contributed by atoms with Gasteiger partial charge in [-0.2, -0.15) is 4.98 Å². The van der Waals surface area contributed by atoms with Gasteiger partial charge in [-0.05, 0) is 31.5 Å². The Labute approximate surface area is 189 Å². The van der Waals surface area contributed by atoms with Gasteiger partial charge in [-0.3, -0.25) is 4.79 Å². The third kappa shape index (κ3) is 5.04. The Bertz CT molecular complexity index is 1110. The summed E-state index contributed by atoms with van der Waals surface area (Å²) in [5.41, 5.74) is 1.51. The maximum absolute atomic E-state index is 12.6. The molecule has 10 heteroatoms. The predicted molar refractivity (Wildman–Crippen MR) is 122 cm³/mol. The maximum atomic E-state index is 12.6. The second-order valence-electron chi connectivity index (χ2n) is 7.19. The molecule has 1 saturated heterocycles. The highest BCUT2D eigenvalue weighted by Gasteiger charge is 2.23. The monoisotopic (exact) mass is 458 g/mol. The summed E-state index contributed by atoms with van der Waals surface area (Å²) in [7, 11) is 0. The summed E-state index contributed by atoms with van der Waals surface area (Å²) in [6.45, 7) is 3.09. The first-order valence-electron chi connectivity index (χ1n) is 9.66. The van der Waals surface area contributed by atoms with Gasteiger partial charge in [-0.25, -0.2) is 9.97 Å². The summed E-state index contributed by atoms with van der Waals surface area (Å²) in [5.74, 6) is 1.19. The van der Waals surface area contributed by atoms with Crippen LogP contribution in [0.2, 0.25) is 10.0 Å². The first kappa shape index (κ1) is 21.3. The minimum atomic E-state index is -0.416. The maximum Gasteiger partial charge on any atom is 0.258 e. The van der Waals surface area contributed by atoms with Gasteiger partial charge in [0.15, 0.2) is 0 Å². The third-order valence-electron chi connectivity index (χ3n) is 4.75. The molecule has 0 spiro atoms. The molecule has 0 unspecified atom stereocenters. The average Bonchev–Trinajstić information content (AvgIpc) is 3.14. The summed E-state index contributed by atoms with van der Waals surface area (Å²) in [6.07, 6.45) is 1.89. The summed E-state index contributed by atoms with van der Waals surface area (Å²) in [5, 5.41) is 16.2. The number of rotatable bonds is 5. The zero-order valence-corrected chi connectivity index (χ0v) is 18.2. The topological polar surface area (TPSA) is 103 Å². The van der Waals surface area contributed by atoms with Gasteiger partial charge in [0.1, 0.15) is 11.6 Å². The van der Waals surface area contributed by atoms with Crippen LogP contribution in [0.4, 0.5) is 23.3 Å². The van der Waals surface area contributed by atoms with Gasteiger partial charge < -0.3 is 20.6 Å². The van der Waals surface area contributed by atoms with E-state index in [0.29, 0.717) is 42.8 Å². The molecule has 31 heavy (non-hydrogen) atoms. The van der Waals surface area contributed by atoms with Gasteiger partial charge >= 0.3 is 0 Å². The van der Waals surface area contributed by atoms with E-state index in [0.717, 1.165) is 5.69 Å². The lowest BCUT2D eigenvalue weighted by Gasteiger charge is -2.17. The fourth-order valence-electron chi connectivity index (χ4n) is 3.30. The number of carbonyl (C=O) groups is 1. The van der Waals surface area contributed by atoms with Gasteiger partial charge in [0, 0.05) is 42.8 Å². The van der Waals surface area contributed by atoms with Crippen LogP contribution in [0.15, 0.2) is 42.6 Å². The zero-order chi connectivity index (χ0) is 22.0. The van der Waals surface area contributed by atoms with E-state index in [1.54, 1.807) is 42.6 Å². The van der Waals surface area contributed by atoms with Crippen molar-refractivity contribution in [2.24, 2.45) is 0 Å². The van der Waals surface area contributed by atoms with Crippen LogP contribution in [0, 0.1) is 6.92 Å². The number of β-amino-alcohol motifs (C(OH)–C–C–N with tert-alkyl or cyclic N) is 1. The molecule has 1 aromatic carbocycles. The molecule has 3 heterocycles. The number of nitrogens with one attached hydrogen (secondary N) is 2. The Morgan fingerprint density at radius 3 is 2.65 bits per heavy atom. The highest BCUT2D eigenvalue weighted by molar-refractivity contribution is 6.40. The number of aliphatic hydroxyl groups is 1. The highest BCUT2D eigenvalue weighted by Crippen LogP contribution is 2.26. The molecule has 2 aromatic heterocycles. The lowest BCUT2D eigenvalue weighted by Crippen LogP contribution is -2.23. The van der Waals surface area contributed by atoms with Crippen molar-refractivity contribution in [2.45, 2.75) is 19.4 Å². The highest BCUT2D eigenvalue weighted by atomic mass is 35.5. The third-order valence-corrected chi connectivity index (χ3v) is 5.38. The fourth-order valence-corrected chi connectivity index (χ4v) is 3.87. The Morgan fingerprint density at radius 2 is 1.94 bits per heavy atom. The zero-order valence-electron chi connectivity index (χ0n) is 16.6. The molecule has 8 nitrogen and oxygen atoms in total. The van der Waals surface area contributed by atoms with E-state index < -0.39 is 5.91 Å². The van der Waals surface area contributed by atoms with Gasteiger partial charge in [0.05, 0.1) is 21.7 Å². The van der Waals surface area contributed by atoms with Crippen LogP contribution in [-0.4, -0.2) is 45.2 Å². The molecule has 1 atom stereocenters. The van der Waals surface area contributed by atoms with E-state index in [1.165, 1.54) is 0 Å². The van der Waals surface area contributed by atoms with Crippen LogP contribution in [-0.2, 0) is 0 Å². The van der Waals surface area contributed by atoms with Crippen molar-refractivity contribution in [3.63, 3.8) is 0 Å². The second-order valence-corrected chi connectivity index (χ2v) is 8.00. The molecule has 1 aliphatic rings. The van der Waals surface area contributed by atoms with Crippen LogP contribution in [0.3, 0.4) is 0 Å². The molecule has 1 aliphatic heterocycles. The summed E-state index contributed by atoms with van der Waals surface area (Å²) < 4.78 is 0. The number of aliphatic hydroxyl groups excluding tert-OH is 1. The van der Waals surface area contributed by atoms with E-state index in [2.05, 4.69) is 25.6 Å². The Hall–Kier alpha value is -2.94. The van der Waals surface area contributed by atoms with Crippen LogP contribution >= 0.6 is 23.2 Å². The van der Waals surface area contributed by atoms with Crippen LogP contribution in [0.25, 0.3) is 0 Å². The molecule has 1 amide bonds. The first-order valence-corrected chi connectivity index (χ1v) is 10.4. The van der Waals surface area contributed by atoms with Crippen molar-refractivity contribution in [2.75, 3.05) is 28.6 Å². The number of nitrogens with zero attached hydrogens (tertiary/aromatic N) is 4. The number of carbonyl (C=O) groups excluding carboxylic acids is 1. The molecule has 0 radical (unpaired) electrons. The Balaban J connectivity index is 1.51. The van der Waals surface area contributed by atoms with Gasteiger partial charge in [0.25, 0.3) is 5.91 Å². The van der Waals surface area contributed by atoms with Crippen LogP contribution in [0.1, 0.15) is 22.5 Å². The van der Waals surface area contributed by atoms with Crippen molar-refractivity contribution < 1.29 is 9.90 Å². The molecule has 0 aliphatic carbocycles. The van der Waals surface area contributed by atoms with E-state index in [9.17, 15) is 9.90 Å². The number of hydrogen-bond donors (Lipinski definition) is 3. The molecular weight excluding hydrogens is 439 g/mol. The van der Waals surface area contributed by atoms with E-state index in [-0.39, 0.29) is 21.7 Å². The van der Waals surface area contributed by atoms with Gasteiger partial charge in [-0.1, -0.05) is 29.3 Å². The SMILES string of the molecule is Cc1cc(Nc2cc(NC(=O)c3c(Cl)cccc3Cl)ccn2)nc(N2CC[C@@H](O)C2)n1. The number of anilines is 4. The van der Waals surface area contributed by atoms with Gasteiger partial charge in [-0.15, -0.1) is 0 Å². The predicted octanol–water partition coefficient (Wildman–Crippen LogP) is 4.05. The summed E-state index contributed by atoms with van der Waals surface area (Å²) >= 11 is 12.2. The number of aryl methyl sites for hydroxylation is 1. The minimum absolute atomic E-state index is 0.209. The standard InChI is InChI=1S/C21H20Cl2N6O2/c1-12-9-18(28-21(25-12)29-8-6-14(30)11-29)27-17-10-13(5-7-24-17)26-20(31)19-15(22)3-2-4-16(19)23/h2-5,7,9-10,14,30H,6,8,11H2,1H3,(H2,24,25,26,27,28,31)/t14-/m1/s1. The smallest absolute Gasteiger partial charge is 0.258 e. The summed E-state index contributed by atoms with van der Waals surface area (Å²) in [6, 6.07) is 10.0. The van der Waals surface area contributed by atoms with Crippen molar-refractivity contribution in [1.82, 2.24) is 15.0 Å². The number of halogens is 2. The van der Waals surface area contributed by atoms with Crippen LogP contribution < -0.4 is 15.5 Å². The number of aromatic nitrogens is 3. The Morgan fingerprint density at radius 1 is 1.16 bits per heavy atom. The van der Waals surface area contributed by atoms with Crippen molar-refractivity contribution in [3.8, 4) is 0 Å². The summed E-state index contributed by atoms with van der Waals surface area (Å²) in [4.78, 5) is 27.9. The molecule has 1 fully saturated rings. The fraction of sp³-hybridized carbons (Fsp3) is 0.238. The number of amides is 1. The molecule has 3 N–H and O–H groups in total. The number of pyridine rings is 1. The largest absolute Gasteiger partial charge is 0.391 e. The quantitative estimate of drug-likeness (QED) is 0.529. The molecule has 0 bridgehead atoms. The van der Waals surface area contributed by atoms with E-state index >= 15 is 0 Å². The number of hydrogen-bond acceptors (Lipinski definition) is 7. The molecule has 3 aromatic rings. The van der Waals surface area contributed by atoms with Crippen molar-refractivity contribution in [3.05, 3.63) is 63.9 Å². The first-order chi connectivity index (χ1) is 14.9. The van der Waals surface area contributed by atoms with Crippen LogP contribution in [0.5, 0.6) is 0 Å². The van der Waals surface area contributed by atoms with Gasteiger partial charge in [0.2, 0.25) is 5.95 Å². The lowest BCUT2D eigenvalue weighted by atomic mass is 10.2. The lowest BCUT2D eigenvalue weighted by molar-refractivity contribution is 0.102. The number of benzene rings is 1. The molecular formula is C21H20Cl2N6O2. The van der Waals surface area contributed by atoms with E-state index in [1.807, 2.05) is 11.8 Å². The van der Waals surface area contributed by atoms with Crippen molar-refractivity contribution >= 4 is 52.4 Å². The molecule has 0 saturated carbocycles. The van der Waals surface area contributed by atoms with Crippen molar-refractivity contribution in [1.29, 1.82) is 0 Å². The molecule has 4 rings (SSSR count). The average molecular weight is 459 g/mol. The Kier molecular flexibility index (Phi) is 6.22. The van der Waals surface area contributed by atoms with E-state index in [4.69, 9.17) is 23.2 Å². The normalized spacial score (nSPS) is 15.7.